The molecule has 6 nitrogen and oxygen atoms in total. The molecule has 0 unspecified atom stereocenters. The van der Waals surface area contributed by atoms with E-state index >= 15 is 0 Å². The van der Waals surface area contributed by atoms with E-state index in [4.69, 9.17) is 9.39 Å². The largest absolute Gasteiger partial charge is 0.299 e. The van der Waals surface area contributed by atoms with Crippen LogP contribution in [0.5, 0.6) is 0 Å². The average molecular weight is 196 g/mol. The highest BCUT2D eigenvalue weighted by atomic mass is 32.2. The van der Waals surface area contributed by atoms with E-state index < -0.39 is 10.1 Å². The Balaban J connectivity index is 2.22. The number of hydrogen-bond acceptors (Lipinski definition) is 5. The minimum atomic E-state index is -3.83. The summed E-state index contributed by atoms with van der Waals surface area (Å²) in [6, 6.07) is 0. The Morgan fingerprint density at radius 1 is 1.58 bits per heavy atom. The zero-order valence-corrected chi connectivity index (χ0v) is 7.38. The van der Waals surface area contributed by atoms with E-state index in [9.17, 15) is 8.42 Å². The highest BCUT2D eigenvalue weighted by Gasteiger charge is 2.12. The molecular weight excluding hydrogens is 184 g/mol. The van der Waals surface area contributed by atoms with Crippen LogP contribution < -0.4 is 5.48 Å². The van der Waals surface area contributed by atoms with Gasteiger partial charge in [0, 0.05) is 13.1 Å². The van der Waals surface area contributed by atoms with Crippen molar-refractivity contribution in [2.24, 2.45) is 0 Å². The Bertz CT molecular complexity index is 222. The molecule has 1 fully saturated rings. The Morgan fingerprint density at radius 2 is 2.33 bits per heavy atom. The summed E-state index contributed by atoms with van der Waals surface area (Å²) in [5.41, 5.74) is 2.62. The van der Waals surface area contributed by atoms with Crippen molar-refractivity contribution in [2.45, 2.75) is 0 Å². The zero-order chi connectivity index (χ0) is 9.03. The van der Waals surface area contributed by atoms with Gasteiger partial charge in [-0.1, -0.05) is 0 Å². The first kappa shape index (κ1) is 9.87. The molecule has 0 aromatic heterocycles. The Hall–Kier alpha value is -0.210. The van der Waals surface area contributed by atoms with Crippen LogP contribution in [0.4, 0.5) is 0 Å². The van der Waals surface area contributed by atoms with E-state index in [0.717, 1.165) is 0 Å². The third-order valence-corrected chi connectivity index (χ3v) is 2.26. The number of nitrogens with one attached hydrogen (secondary N) is 1. The molecular formula is C5H12N2O4S. The molecule has 1 rings (SSSR count). The summed E-state index contributed by atoms with van der Waals surface area (Å²) >= 11 is 0. The Labute approximate surface area is 71.2 Å². The molecule has 0 bridgehead atoms. The summed E-state index contributed by atoms with van der Waals surface area (Å²) in [7, 11) is -3.83. The highest BCUT2D eigenvalue weighted by molar-refractivity contribution is 7.85. The van der Waals surface area contributed by atoms with Gasteiger partial charge in [0.2, 0.25) is 0 Å². The smallest absolute Gasteiger partial charge is 0.266 e. The van der Waals surface area contributed by atoms with Crippen LogP contribution in [0.25, 0.3) is 0 Å². The molecule has 0 aromatic rings. The van der Waals surface area contributed by atoms with Gasteiger partial charge in [-0.05, 0) is 0 Å². The molecule has 7 heteroatoms. The number of rotatable bonds is 3. The number of hydroxylamine groups is 1. The molecule has 0 saturated carbocycles. The molecule has 0 spiro atoms. The van der Waals surface area contributed by atoms with Crippen LogP contribution >= 0.6 is 0 Å². The topological polar surface area (TPSA) is 78.9 Å². The van der Waals surface area contributed by atoms with E-state index in [0.29, 0.717) is 26.4 Å². The van der Waals surface area contributed by atoms with Gasteiger partial charge in [-0.25, -0.2) is 0 Å². The SMILES string of the molecule is O=S(=O)(O)CCN1CCONC1. The predicted molar refractivity (Wildman–Crippen MR) is 41.9 cm³/mol. The second-order valence-electron chi connectivity index (χ2n) is 2.55. The third kappa shape index (κ3) is 3.98. The second kappa shape index (κ2) is 4.15. The van der Waals surface area contributed by atoms with E-state index in [1.54, 1.807) is 0 Å². The average Bonchev–Trinajstić information content (AvgIpc) is 2.02. The summed E-state index contributed by atoms with van der Waals surface area (Å²) in [5.74, 6) is -0.228. The fourth-order valence-corrected chi connectivity index (χ4v) is 1.39. The maximum absolute atomic E-state index is 10.4. The molecule has 0 aromatic carbocycles. The normalized spacial score (nSPS) is 21.1. The summed E-state index contributed by atoms with van der Waals surface area (Å²) in [5, 5.41) is 0. The molecule has 0 radical (unpaired) electrons. The lowest BCUT2D eigenvalue weighted by Gasteiger charge is -2.26. The van der Waals surface area contributed by atoms with Crippen LogP contribution in [0.2, 0.25) is 0 Å². The van der Waals surface area contributed by atoms with Crippen LogP contribution in [0.3, 0.4) is 0 Å². The van der Waals surface area contributed by atoms with Crippen molar-refractivity contribution < 1.29 is 17.8 Å². The van der Waals surface area contributed by atoms with Crippen LogP contribution in [-0.4, -0.2) is 50.0 Å². The summed E-state index contributed by atoms with van der Waals surface area (Å²) in [6.07, 6.45) is 0. The van der Waals surface area contributed by atoms with Gasteiger partial charge in [0.1, 0.15) is 0 Å². The number of nitrogens with zero attached hydrogens (tertiary/aromatic N) is 1. The maximum Gasteiger partial charge on any atom is 0.266 e. The van der Waals surface area contributed by atoms with E-state index in [1.807, 2.05) is 4.90 Å². The van der Waals surface area contributed by atoms with Gasteiger partial charge in [0.15, 0.2) is 0 Å². The van der Waals surface area contributed by atoms with Crippen molar-refractivity contribution >= 4 is 10.1 Å². The minimum absolute atomic E-state index is 0.228. The molecule has 0 aliphatic carbocycles. The molecule has 72 valence electrons. The van der Waals surface area contributed by atoms with Gasteiger partial charge in [-0.2, -0.15) is 13.9 Å². The molecule has 1 saturated heterocycles. The third-order valence-electron chi connectivity index (χ3n) is 1.57. The van der Waals surface area contributed by atoms with E-state index in [1.165, 1.54) is 0 Å². The summed E-state index contributed by atoms with van der Waals surface area (Å²) < 4.78 is 29.1. The van der Waals surface area contributed by atoms with Crippen LogP contribution in [0.15, 0.2) is 0 Å². The zero-order valence-electron chi connectivity index (χ0n) is 6.56. The van der Waals surface area contributed by atoms with E-state index in [2.05, 4.69) is 5.48 Å². The van der Waals surface area contributed by atoms with Crippen LogP contribution in [0, 0.1) is 0 Å². The molecule has 1 heterocycles. The van der Waals surface area contributed by atoms with Crippen molar-refractivity contribution in [1.82, 2.24) is 10.4 Å². The van der Waals surface area contributed by atoms with Gasteiger partial charge in [-0.3, -0.25) is 14.3 Å². The first-order valence-electron chi connectivity index (χ1n) is 3.60. The van der Waals surface area contributed by atoms with Crippen molar-refractivity contribution in [3.8, 4) is 0 Å². The fraction of sp³-hybridized carbons (Fsp3) is 1.00. The lowest BCUT2D eigenvalue weighted by Crippen LogP contribution is -2.44. The highest BCUT2D eigenvalue weighted by Crippen LogP contribution is 1.93. The lowest BCUT2D eigenvalue weighted by atomic mass is 10.5. The van der Waals surface area contributed by atoms with E-state index in [-0.39, 0.29) is 5.75 Å². The van der Waals surface area contributed by atoms with Gasteiger partial charge in [0.05, 0.1) is 19.0 Å². The number of hydrogen-bond donors (Lipinski definition) is 2. The Morgan fingerprint density at radius 3 is 2.83 bits per heavy atom. The first-order chi connectivity index (χ1) is 5.58. The maximum atomic E-state index is 10.4. The van der Waals surface area contributed by atoms with Crippen LogP contribution in [0.1, 0.15) is 0 Å². The lowest BCUT2D eigenvalue weighted by molar-refractivity contribution is -0.0433. The fourth-order valence-electron chi connectivity index (χ4n) is 0.898. The Kier molecular flexibility index (Phi) is 3.41. The molecule has 1 aliphatic heterocycles. The van der Waals surface area contributed by atoms with Gasteiger partial charge in [0.25, 0.3) is 10.1 Å². The molecule has 2 N–H and O–H groups in total. The van der Waals surface area contributed by atoms with Crippen molar-refractivity contribution in [1.29, 1.82) is 0 Å². The summed E-state index contributed by atoms with van der Waals surface area (Å²) in [6.45, 7) is 2.04. The predicted octanol–water partition coefficient (Wildman–Crippen LogP) is -1.33. The van der Waals surface area contributed by atoms with Gasteiger partial charge < -0.3 is 0 Å². The molecule has 0 atom stereocenters. The molecule has 1 aliphatic rings. The van der Waals surface area contributed by atoms with Gasteiger partial charge >= 0.3 is 0 Å². The first-order valence-corrected chi connectivity index (χ1v) is 5.21. The minimum Gasteiger partial charge on any atom is -0.299 e. The molecule has 0 amide bonds. The quantitative estimate of drug-likeness (QED) is 0.544. The van der Waals surface area contributed by atoms with Crippen LogP contribution in [-0.2, 0) is 15.0 Å². The van der Waals surface area contributed by atoms with Crippen molar-refractivity contribution in [2.75, 3.05) is 32.1 Å². The summed E-state index contributed by atoms with van der Waals surface area (Å²) in [4.78, 5) is 6.67. The monoisotopic (exact) mass is 196 g/mol. The molecule has 12 heavy (non-hydrogen) atoms. The second-order valence-corrected chi connectivity index (χ2v) is 4.13. The van der Waals surface area contributed by atoms with Crippen molar-refractivity contribution in [3.63, 3.8) is 0 Å². The standard InChI is InChI=1S/C5H12N2O4S/c8-12(9,10)4-2-7-1-3-11-6-5-7/h6H,1-5H2,(H,8,9,10). The van der Waals surface area contributed by atoms with Crippen molar-refractivity contribution in [3.05, 3.63) is 0 Å². The van der Waals surface area contributed by atoms with Gasteiger partial charge in [-0.15, -0.1) is 0 Å².